The zero-order valence-electron chi connectivity index (χ0n) is 6.90. The van der Waals surface area contributed by atoms with Crippen LogP contribution in [-0.2, 0) is 13.9 Å². The Hall–Kier alpha value is -0.350. The number of carboxylic acids is 1. The average Bonchev–Trinajstić information content (AvgIpc) is 1.79. The summed E-state index contributed by atoms with van der Waals surface area (Å²) in [4.78, 5) is 52.2. The van der Waals surface area contributed by atoms with Crippen molar-refractivity contribution in [2.75, 3.05) is 6.61 Å². The van der Waals surface area contributed by atoms with Gasteiger partial charge in [0, 0.05) is 0 Å². The molecule has 8 N–H and O–H groups in total. The van der Waals surface area contributed by atoms with E-state index in [9.17, 15) is 0 Å². The van der Waals surface area contributed by atoms with E-state index < -0.39 is 28.2 Å². The van der Waals surface area contributed by atoms with Crippen LogP contribution in [0.1, 0.15) is 0 Å². The molecule has 0 saturated carbocycles. The first kappa shape index (κ1) is 20.1. The molecular weight excluding hydrogens is 262 g/mol. The van der Waals surface area contributed by atoms with Crippen LogP contribution in [0.15, 0.2) is 0 Å². The Morgan fingerprint density at radius 1 is 0.867 bits per heavy atom. The van der Waals surface area contributed by atoms with Gasteiger partial charge in [0.05, 0.1) is 0 Å². The quantitative estimate of drug-likeness (QED) is 0.228. The van der Waals surface area contributed by atoms with Gasteiger partial charge >= 0.3 is 21.6 Å². The van der Waals surface area contributed by atoms with Crippen molar-refractivity contribution in [2.45, 2.75) is 0 Å². The summed E-state index contributed by atoms with van der Waals surface area (Å²) in [6.07, 6.45) is 0. The van der Waals surface area contributed by atoms with Crippen molar-refractivity contribution in [3.63, 3.8) is 0 Å². The maximum absolute atomic E-state index is 9.12. The molecule has 0 unspecified atom stereocenters. The Labute approximate surface area is 82.7 Å². The summed E-state index contributed by atoms with van der Waals surface area (Å²) in [7, 11) is -9.28. The highest BCUT2D eigenvalue weighted by Gasteiger charge is 2.00. The number of carbonyl (C=O) groups is 1. The Morgan fingerprint density at radius 3 is 0.933 bits per heavy atom. The maximum atomic E-state index is 9.12. The molecule has 0 heterocycles. The van der Waals surface area contributed by atoms with Gasteiger partial charge in [0.15, 0.2) is 0 Å². The van der Waals surface area contributed by atoms with E-state index in [1.54, 1.807) is 0 Å². The Balaban J connectivity index is -0.000000144. The number of hydrogen-bond donors (Lipinski definition) is 8. The Kier molecular flexibility index (Phi) is 12.0. The lowest BCUT2D eigenvalue weighted by molar-refractivity contribution is -0.140. The molecule has 0 amide bonds. The van der Waals surface area contributed by atoms with Gasteiger partial charge in [-0.2, -0.15) is 0 Å². The third-order valence-electron chi connectivity index (χ3n) is 0.135. The van der Waals surface area contributed by atoms with Gasteiger partial charge < -0.3 is 39.6 Å². The van der Waals surface area contributed by atoms with Gasteiger partial charge in [0.2, 0.25) is 0 Å². The fourth-order valence-electron chi connectivity index (χ4n) is 0. The minimum atomic E-state index is -4.64. The number of carboxylic acid groups (broad SMARTS) is 1. The second-order valence-corrected chi connectivity index (χ2v) is 3.63. The van der Waals surface area contributed by atoms with Crippen molar-refractivity contribution in [3.05, 3.63) is 0 Å². The SMILES string of the molecule is O=C(O)CO.O=P(O)(O)O.O=P(O)(O)O. The first-order chi connectivity index (χ1) is 6.27. The van der Waals surface area contributed by atoms with E-state index in [4.69, 9.17) is 53.5 Å². The minimum Gasteiger partial charge on any atom is -0.480 e. The highest BCUT2D eigenvalue weighted by atomic mass is 31.2. The van der Waals surface area contributed by atoms with Crippen molar-refractivity contribution < 1.29 is 53.5 Å². The molecule has 13 heteroatoms. The highest BCUT2D eigenvalue weighted by Crippen LogP contribution is 2.26. The number of aliphatic carboxylic acids is 1. The average molecular weight is 272 g/mol. The normalized spacial score (nSPS) is 10.3. The van der Waals surface area contributed by atoms with Crippen LogP contribution in [0.2, 0.25) is 0 Å². The van der Waals surface area contributed by atoms with Gasteiger partial charge in [0.1, 0.15) is 6.61 Å². The van der Waals surface area contributed by atoms with Crippen molar-refractivity contribution in [2.24, 2.45) is 0 Å². The zero-order chi connectivity index (χ0) is 13.3. The van der Waals surface area contributed by atoms with Crippen LogP contribution in [-0.4, -0.2) is 52.1 Å². The van der Waals surface area contributed by atoms with Crippen LogP contribution >= 0.6 is 15.6 Å². The largest absolute Gasteiger partial charge is 0.480 e. The monoisotopic (exact) mass is 272 g/mol. The van der Waals surface area contributed by atoms with E-state index in [2.05, 4.69) is 0 Å². The molecule has 0 fully saturated rings. The molecule has 0 aliphatic heterocycles. The van der Waals surface area contributed by atoms with Gasteiger partial charge in [-0.1, -0.05) is 0 Å². The van der Waals surface area contributed by atoms with Crippen molar-refractivity contribution in [3.8, 4) is 0 Å². The number of aliphatic hydroxyl groups excluding tert-OH is 1. The molecule has 0 aromatic rings. The van der Waals surface area contributed by atoms with Gasteiger partial charge in [0.25, 0.3) is 0 Å². The third-order valence-corrected chi connectivity index (χ3v) is 0.135. The molecule has 0 aromatic carbocycles. The first-order valence-corrected chi connectivity index (χ1v) is 5.79. The summed E-state index contributed by atoms with van der Waals surface area (Å²) >= 11 is 0. The summed E-state index contributed by atoms with van der Waals surface area (Å²) in [5.41, 5.74) is 0. The lowest BCUT2D eigenvalue weighted by atomic mass is 10.8. The number of aliphatic hydroxyl groups is 1. The smallest absolute Gasteiger partial charge is 0.466 e. The van der Waals surface area contributed by atoms with Crippen LogP contribution in [0.25, 0.3) is 0 Å². The predicted molar refractivity (Wildman–Crippen MR) is 43.2 cm³/mol. The molecular formula is C2H10O11P2. The fraction of sp³-hybridized carbons (Fsp3) is 0.500. The van der Waals surface area contributed by atoms with E-state index in [1.807, 2.05) is 0 Å². The van der Waals surface area contributed by atoms with Gasteiger partial charge in [-0.25, -0.2) is 13.9 Å². The van der Waals surface area contributed by atoms with Crippen LogP contribution in [0, 0.1) is 0 Å². The standard InChI is InChI=1S/C2H4O3.2H3O4P/c3-1-2(4)5;2*1-5(2,3)4/h3H,1H2,(H,4,5);2*(H3,1,2,3,4). The molecule has 0 spiro atoms. The lowest BCUT2D eigenvalue weighted by Gasteiger charge is -1.82. The van der Waals surface area contributed by atoms with E-state index in [0.717, 1.165) is 0 Å². The second-order valence-electron chi connectivity index (χ2n) is 1.58. The maximum Gasteiger partial charge on any atom is 0.466 e. The predicted octanol–water partition coefficient (Wildman–Crippen LogP) is -2.79. The first-order valence-electron chi connectivity index (χ1n) is 2.66. The molecule has 0 aromatic heterocycles. The summed E-state index contributed by atoms with van der Waals surface area (Å²) in [5.74, 6) is -1.19. The van der Waals surface area contributed by atoms with Gasteiger partial charge in [-0.15, -0.1) is 0 Å². The summed E-state index contributed by atoms with van der Waals surface area (Å²) in [5, 5.41) is 15.0. The molecule has 0 atom stereocenters. The number of hydrogen-bond acceptors (Lipinski definition) is 4. The fourth-order valence-corrected chi connectivity index (χ4v) is 0. The Morgan fingerprint density at radius 2 is 0.933 bits per heavy atom. The molecule has 0 radical (unpaired) electrons. The molecule has 0 rings (SSSR count). The summed E-state index contributed by atoms with van der Waals surface area (Å²) < 4.78 is 17.8. The van der Waals surface area contributed by atoms with E-state index in [-0.39, 0.29) is 0 Å². The van der Waals surface area contributed by atoms with Crippen LogP contribution in [0.5, 0.6) is 0 Å². The van der Waals surface area contributed by atoms with Crippen molar-refractivity contribution >= 4 is 21.6 Å². The van der Waals surface area contributed by atoms with Crippen LogP contribution in [0.4, 0.5) is 0 Å². The van der Waals surface area contributed by atoms with Crippen molar-refractivity contribution in [1.29, 1.82) is 0 Å². The topological polar surface area (TPSA) is 213 Å². The minimum absolute atomic E-state index is 0.778. The van der Waals surface area contributed by atoms with E-state index >= 15 is 0 Å². The molecule has 0 saturated heterocycles. The van der Waals surface area contributed by atoms with E-state index in [1.165, 1.54) is 0 Å². The summed E-state index contributed by atoms with van der Waals surface area (Å²) in [6, 6.07) is 0. The van der Waals surface area contributed by atoms with Crippen LogP contribution < -0.4 is 0 Å². The number of phosphoric acid groups is 2. The second kappa shape index (κ2) is 8.92. The van der Waals surface area contributed by atoms with Gasteiger partial charge in [-0.05, 0) is 0 Å². The molecule has 0 aliphatic rings. The highest BCUT2D eigenvalue weighted by molar-refractivity contribution is 7.45. The molecule has 94 valence electrons. The number of rotatable bonds is 1. The molecule has 11 nitrogen and oxygen atoms in total. The molecule has 0 bridgehead atoms. The van der Waals surface area contributed by atoms with Crippen LogP contribution in [0.3, 0.4) is 0 Å². The van der Waals surface area contributed by atoms with Gasteiger partial charge in [-0.3, -0.25) is 0 Å². The third kappa shape index (κ3) is 680. The lowest BCUT2D eigenvalue weighted by Crippen LogP contribution is -1.98. The van der Waals surface area contributed by atoms with E-state index in [0.29, 0.717) is 0 Å². The molecule has 15 heavy (non-hydrogen) atoms. The zero-order valence-corrected chi connectivity index (χ0v) is 8.69. The molecule has 0 aliphatic carbocycles. The summed E-state index contributed by atoms with van der Waals surface area (Å²) in [6.45, 7) is -0.778. The Bertz CT molecular complexity index is 209. The van der Waals surface area contributed by atoms with Crippen molar-refractivity contribution in [1.82, 2.24) is 0 Å².